The zero-order chi connectivity index (χ0) is 22.8. The minimum atomic E-state index is -1.14. The quantitative estimate of drug-likeness (QED) is 0.416. The molecule has 2 heterocycles. The van der Waals surface area contributed by atoms with Crippen LogP contribution in [0.2, 0.25) is 0 Å². The van der Waals surface area contributed by atoms with E-state index in [0.29, 0.717) is 24.1 Å². The Morgan fingerprint density at radius 2 is 1.72 bits per heavy atom. The number of aromatic carboxylic acids is 1. The van der Waals surface area contributed by atoms with Gasteiger partial charge in [-0.1, -0.05) is 25.5 Å². The first-order chi connectivity index (χ1) is 15.4. The number of hydrogen-bond donors (Lipinski definition) is 2. The van der Waals surface area contributed by atoms with Crippen LogP contribution in [-0.2, 0) is 12.8 Å². The number of benzene rings is 2. The summed E-state index contributed by atoms with van der Waals surface area (Å²) >= 11 is 0. The molecule has 4 rings (SSSR count). The van der Waals surface area contributed by atoms with Crippen molar-refractivity contribution >= 4 is 33.8 Å². The summed E-state index contributed by atoms with van der Waals surface area (Å²) < 4.78 is 11.2. The lowest BCUT2D eigenvalue weighted by Crippen LogP contribution is -2.27. The van der Waals surface area contributed by atoms with Gasteiger partial charge in [-0.15, -0.1) is 0 Å². The van der Waals surface area contributed by atoms with E-state index < -0.39 is 11.9 Å². The van der Waals surface area contributed by atoms with E-state index in [1.54, 1.807) is 18.4 Å². The summed E-state index contributed by atoms with van der Waals surface area (Å²) in [6.07, 6.45) is 3.81. The van der Waals surface area contributed by atoms with Crippen molar-refractivity contribution in [3.8, 4) is 0 Å². The Bertz CT molecular complexity index is 1400. The van der Waals surface area contributed by atoms with Crippen molar-refractivity contribution in [1.82, 2.24) is 5.32 Å². The number of furan rings is 1. The van der Waals surface area contributed by atoms with E-state index in [2.05, 4.69) is 12.2 Å². The van der Waals surface area contributed by atoms with Gasteiger partial charge in [0.05, 0.1) is 17.4 Å². The zero-order valence-electron chi connectivity index (χ0n) is 17.9. The molecule has 0 saturated carbocycles. The second-order valence-electron chi connectivity index (χ2n) is 7.71. The van der Waals surface area contributed by atoms with Crippen molar-refractivity contribution in [2.45, 2.75) is 33.1 Å². The first-order valence-electron chi connectivity index (χ1n) is 10.5. The van der Waals surface area contributed by atoms with Gasteiger partial charge in [0.15, 0.2) is 0 Å². The molecule has 32 heavy (non-hydrogen) atoms. The largest absolute Gasteiger partial charge is 0.478 e. The summed E-state index contributed by atoms with van der Waals surface area (Å²) in [7, 11) is 0. The van der Waals surface area contributed by atoms with Gasteiger partial charge in [0.2, 0.25) is 0 Å². The number of hydrogen-bond acceptors (Lipinski definition) is 5. The van der Waals surface area contributed by atoms with Crippen molar-refractivity contribution < 1.29 is 23.5 Å². The van der Waals surface area contributed by atoms with Gasteiger partial charge in [-0.2, -0.15) is 0 Å². The fourth-order valence-electron chi connectivity index (χ4n) is 4.03. The van der Waals surface area contributed by atoms with Gasteiger partial charge in [0.1, 0.15) is 11.2 Å². The molecule has 1 amide bonds. The van der Waals surface area contributed by atoms with Crippen LogP contribution >= 0.6 is 0 Å². The number of carbonyl (C=O) groups excluding carboxylic acids is 1. The predicted molar refractivity (Wildman–Crippen MR) is 120 cm³/mol. The van der Waals surface area contributed by atoms with E-state index >= 15 is 0 Å². The van der Waals surface area contributed by atoms with Crippen molar-refractivity contribution in [2.75, 3.05) is 6.54 Å². The Balaban J connectivity index is 1.61. The monoisotopic (exact) mass is 433 g/mol. The highest BCUT2D eigenvalue weighted by Crippen LogP contribution is 2.32. The molecule has 2 N–H and O–H groups in total. The first-order valence-corrected chi connectivity index (χ1v) is 10.5. The third-order valence-electron chi connectivity index (χ3n) is 5.57. The highest BCUT2D eigenvalue weighted by atomic mass is 16.4. The molecule has 0 aliphatic rings. The van der Waals surface area contributed by atoms with E-state index in [4.69, 9.17) is 8.83 Å². The molecular formula is C25H23NO6. The number of carbonyl (C=O) groups is 2. The maximum Gasteiger partial charge on any atom is 0.336 e. The van der Waals surface area contributed by atoms with Crippen LogP contribution in [0.25, 0.3) is 21.9 Å². The topological polar surface area (TPSA) is 110 Å². The second-order valence-corrected chi connectivity index (χ2v) is 7.71. The molecule has 164 valence electrons. The zero-order valence-corrected chi connectivity index (χ0v) is 17.9. The standard InChI is InChI=1S/C25H23NO6/c1-3-6-15-11-21(27)32-23-14(2)22-20(12-19(15)23)16(13-31-22)9-10-26-24(28)17-7-4-5-8-18(17)25(29)30/h4-5,7-8,11-13H,3,6,9-10H2,1-2H3,(H,26,28)(H,29,30). The molecule has 7 nitrogen and oxygen atoms in total. The Kier molecular flexibility index (Phi) is 5.81. The van der Waals surface area contributed by atoms with Gasteiger partial charge in [0, 0.05) is 28.9 Å². The van der Waals surface area contributed by atoms with E-state index in [1.165, 1.54) is 18.2 Å². The molecule has 0 atom stereocenters. The van der Waals surface area contributed by atoms with Crippen molar-refractivity contribution in [1.29, 1.82) is 0 Å². The van der Waals surface area contributed by atoms with E-state index in [-0.39, 0.29) is 16.8 Å². The number of carboxylic acid groups (broad SMARTS) is 1. The molecule has 2 aromatic heterocycles. The molecule has 2 aromatic carbocycles. The van der Waals surface area contributed by atoms with Crippen LogP contribution in [0.15, 0.2) is 56.3 Å². The number of rotatable bonds is 7. The lowest BCUT2D eigenvalue weighted by molar-refractivity contribution is 0.0691. The van der Waals surface area contributed by atoms with Gasteiger partial charge in [-0.3, -0.25) is 4.79 Å². The van der Waals surface area contributed by atoms with Crippen molar-refractivity contribution in [3.05, 3.63) is 80.9 Å². The number of aryl methyl sites for hydroxylation is 2. The highest BCUT2D eigenvalue weighted by Gasteiger charge is 2.18. The summed E-state index contributed by atoms with van der Waals surface area (Å²) in [5.74, 6) is -1.59. The fourth-order valence-corrected chi connectivity index (χ4v) is 4.03. The van der Waals surface area contributed by atoms with Gasteiger partial charge >= 0.3 is 11.6 Å². The summed E-state index contributed by atoms with van der Waals surface area (Å²) in [5.41, 5.74) is 3.50. The molecule has 0 aliphatic heterocycles. The molecule has 0 unspecified atom stereocenters. The number of fused-ring (bicyclic) bond motifs is 2. The Morgan fingerprint density at radius 1 is 1.00 bits per heavy atom. The maximum absolute atomic E-state index is 12.5. The van der Waals surface area contributed by atoms with Crippen molar-refractivity contribution in [2.24, 2.45) is 0 Å². The van der Waals surface area contributed by atoms with Crippen LogP contribution in [0.4, 0.5) is 0 Å². The number of nitrogens with one attached hydrogen (secondary N) is 1. The summed E-state index contributed by atoms with van der Waals surface area (Å²) in [5, 5.41) is 13.9. The highest BCUT2D eigenvalue weighted by molar-refractivity contribution is 6.04. The Morgan fingerprint density at radius 3 is 2.44 bits per heavy atom. The van der Waals surface area contributed by atoms with E-state index in [1.807, 2.05) is 13.0 Å². The Labute approximate surface area is 183 Å². The predicted octanol–water partition coefficient (Wildman–Crippen LogP) is 4.47. The van der Waals surface area contributed by atoms with Crippen LogP contribution < -0.4 is 10.9 Å². The second kappa shape index (κ2) is 8.70. The first kappa shape index (κ1) is 21.4. The van der Waals surface area contributed by atoms with Crippen LogP contribution in [0.5, 0.6) is 0 Å². The molecule has 7 heteroatoms. The molecular weight excluding hydrogens is 410 g/mol. The smallest absolute Gasteiger partial charge is 0.336 e. The number of amides is 1. The molecule has 0 saturated heterocycles. The average Bonchev–Trinajstić information content (AvgIpc) is 3.18. The molecule has 0 fully saturated rings. The maximum atomic E-state index is 12.5. The summed E-state index contributed by atoms with van der Waals surface area (Å²) in [6.45, 7) is 4.23. The average molecular weight is 433 g/mol. The molecule has 0 bridgehead atoms. The van der Waals surface area contributed by atoms with Crippen LogP contribution in [0, 0.1) is 6.92 Å². The van der Waals surface area contributed by atoms with Gasteiger partial charge in [0.25, 0.3) is 5.91 Å². The van der Waals surface area contributed by atoms with Crippen LogP contribution in [0.3, 0.4) is 0 Å². The molecule has 0 radical (unpaired) electrons. The normalized spacial score (nSPS) is 11.2. The van der Waals surface area contributed by atoms with Crippen LogP contribution in [0.1, 0.15) is 50.8 Å². The Hall–Kier alpha value is -3.87. The number of carboxylic acids is 1. The minimum absolute atomic E-state index is 0.0363. The van der Waals surface area contributed by atoms with E-state index in [0.717, 1.165) is 40.3 Å². The summed E-state index contributed by atoms with van der Waals surface area (Å²) in [6, 6.07) is 9.62. The molecule has 0 aliphatic carbocycles. The van der Waals surface area contributed by atoms with Crippen molar-refractivity contribution in [3.63, 3.8) is 0 Å². The minimum Gasteiger partial charge on any atom is -0.478 e. The summed E-state index contributed by atoms with van der Waals surface area (Å²) in [4.78, 5) is 35.8. The van der Waals surface area contributed by atoms with Crippen LogP contribution in [-0.4, -0.2) is 23.5 Å². The van der Waals surface area contributed by atoms with E-state index in [9.17, 15) is 19.5 Å². The third-order valence-corrected chi connectivity index (χ3v) is 5.57. The van der Waals surface area contributed by atoms with Gasteiger partial charge in [-0.25, -0.2) is 9.59 Å². The third kappa shape index (κ3) is 3.89. The lowest BCUT2D eigenvalue weighted by atomic mass is 9.99. The molecule has 0 spiro atoms. The van der Waals surface area contributed by atoms with Gasteiger partial charge in [-0.05, 0) is 49.1 Å². The van der Waals surface area contributed by atoms with Gasteiger partial charge < -0.3 is 19.3 Å². The lowest BCUT2D eigenvalue weighted by Gasteiger charge is -2.09. The fraction of sp³-hybridized carbons (Fsp3) is 0.240. The molecule has 4 aromatic rings. The SMILES string of the molecule is CCCc1cc(=O)oc2c(C)c3occ(CCNC(=O)c4ccccc4C(=O)O)c3cc12.